The van der Waals surface area contributed by atoms with E-state index in [0.29, 0.717) is 5.02 Å². The van der Waals surface area contributed by atoms with Gasteiger partial charge in [0.15, 0.2) is 0 Å². The van der Waals surface area contributed by atoms with E-state index in [1.807, 2.05) is 10.7 Å². The van der Waals surface area contributed by atoms with Gasteiger partial charge in [-0.15, -0.1) is 0 Å². The summed E-state index contributed by atoms with van der Waals surface area (Å²) in [6, 6.07) is 2.23. The van der Waals surface area contributed by atoms with E-state index < -0.39 is 0 Å². The van der Waals surface area contributed by atoms with Crippen LogP contribution in [0.15, 0.2) is 29.2 Å². The molecule has 0 saturated carbocycles. The minimum atomic E-state index is 0.0103. The molecule has 0 aromatic carbocycles. The maximum atomic E-state index is 6.33. The standard InChI is InChI=1S/C14H20ClN3O/c1-4-6-16-13(11-5-7-19-9-11)14-12(15)8-17-18(14)10(2)3/h5,7-10,13,16H,4,6H2,1-3H3. The lowest BCUT2D eigenvalue weighted by molar-refractivity contribution is 0.468. The van der Waals surface area contributed by atoms with Crippen molar-refractivity contribution in [2.75, 3.05) is 6.54 Å². The first kappa shape index (κ1) is 14.2. The van der Waals surface area contributed by atoms with Gasteiger partial charge in [0.05, 0.1) is 35.5 Å². The van der Waals surface area contributed by atoms with Gasteiger partial charge >= 0.3 is 0 Å². The van der Waals surface area contributed by atoms with Gasteiger partial charge in [-0.1, -0.05) is 18.5 Å². The van der Waals surface area contributed by atoms with E-state index in [0.717, 1.165) is 24.2 Å². The first-order valence-electron chi connectivity index (χ1n) is 6.63. The Morgan fingerprint density at radius 3 is 2.84 bits per heavy atom. The van der Waals surface area contributed by atoms with E-state index >= 15 is 0 Å². The van der Waals surface area contributed by atoms with Crippen molar-refractivity contribution in [2.45, 2.75) is 39.3 Å². The first-order valence-corrected chi connectivity index (χ1v) is 7.01. The van der Waals surface area contributed by atoms with E-state index in [4.69, 9.17) is 16.0 Å². The molecule has 0 fully saturated rings. The molecule has 2 heterocycles. The number of hydrogen-bond donors (Lipinski definition) is 1. The van der Waals surface area contributed by atoms with Crippen molar-refractivity contribution in [1.29, 1.82) is 0 Å². The van der Waals surface area contributed by atoms with Crippen LogP contribution in [-0.2, 0) is 0 Å². The fourth-order valence-electron chi connectivity index (χ4n) is 2.13. The quantitative estimate of drug-likeness (QED) is 0.876. The van der Waals surface area contributed by atoms with Crippen molar-refractivity contribution in [3.63, 3.8) is 0 Å². The molecule has 1 N–H and O–H groups in total. The largest absolute Gasteiger partial charge is 0.472 e. The summed E-state index contributed by atoms with van der Waals surface area (Å²) in [6.45, 7) is 7.24. The predicted octanol–water partition coefficient (Wildman–Crippen LogP) is 3.80. The maximum absolute atomic E-state index is 6.33. The Morgan fingerprint density at radius 1 is 1.47 bits per heavy atom. The average Bonchev–Trinajstić information content (AvgIpc) is 3.01. The molecule has 1 unspecified atom stereocenters. The molecule has 2 rings (SSSR count). The third-order valence-electron chi connectivity index (χ3n) is 3.02. The van der Waals surface area contributed by atoms with Gasteiger partial charge < -0.3 is 9.73 Å². The summed E-state index contributed by atoms with van der Waals surface area (Å²) >= 11 is 6.33. The summed E-state index contributed by atoms with van der Waals surface area (Å²) in [6.07, 6.45) is 6.20. The molecule has 0 spiro atoms. The molecule has 0 saturated heterocycles. The second-order valence-corrected chi connectivity index (χ2v) is 5.27. The topological polar surface area (TPSA) is 43.0 Å². The lowest BCUT2D eigenvalue weighted by atomic mass is 10.1. The van der Waals surface area contributed by atoms with Gasteiger partial charge in [-0.05, 0) is 32.9 Å². The molecule has 19 heavy (non-hydrogen) atoms. The van der Waals surface area contributed by atoms with E-state index in [-0.39, 0.29) is 12.1 Å². The molecule has 5 heteroatoms. The predicted molar refractivity (Wildman–Crippen MR) is 76.5 cm³/mol. The van der Waals surface area contributed by atoms with Crippen LogP contribution in [0, 0.1) is 0 Å². The van der Waals surface area contributed by atoms with Crippen molar-refractivity contribution in [3.05, 3.63) is 41.1 Å². The number of furan rings is 1. The summed E-state index contributed by atoms with van der Waals surface area (Å²) in [5.74, 6) is 0. The Bertz CT molecular complexity index is 505. The molecule has 2 aromatic rings. The summed E-state index contributed by atoms with van der Waals surface area (Å²) in [5, 5.41) is 8.56. The van der Waals surface area contributed by atoms with E-state index in [1.54, 1.807) is 18.7 Å². The highest BCUT2D eigenvalue weighted by Crippen LogP contribution is 2.30. The number of nitrogens with zero attached hydrogens (tertiary/aromatic N) is 2. The number of hydrogen-bond acceptors (Lipinski definition) is 3. The van der Waals surface area contributed by atoms with Crippen molar-refractivity contribution in [1.82, 2.24) is 15.1 Å². The first-order chi connectivity index (χ1) is 9.15. The van der Waals surface area contributed by atoms with Crippen molar-refractivity contribution < 1.29 is 4.42 Å². The van der Waals surface area contributed by atoms with Gasteiger partial charge in [0.2, 0.25) is 0 Å². The Hall–Kier alpha value is -1.26. The fourth-order valence-corrected chi connectivity index (χ4v) is 2.37. The third kappa shape index (κ3) is 3.01. The van der Waals surface area contributed by atoms with Crippen LogP contribution in [0.1, 0.15) is 50.5 Å². The van der Waals surface area contributed by atoms with Gasteiger partial charge in [0.25, 0.3) is 0 Å². The normalized spacial score (nSPS) is 13.1. The summed E-state index contributed by atoms with van der Waals surface area (Å²) in [5.41, 5.74) is 2.06. The van der Waals surface area contributed by atoms with Crippen LogP contribution in [0.4, 0.5) is 0 Å². The third-order valence-corrected chi connectivity index (χ3v) is 3.32. The Morgan fingerprint density at radius 2 is 2.26 bits per heavy atom. The highest BCUT2D eigenvalue weighted by molar-refractivity contribution is 6.31. The molecule has 1 atom stereocenters. The summed E-state index contributed by atoms with van der Waals surface area (Å²) in [7, 11) is 0. The SMILES string of the molecule is CCCNC(c1ccoc1)c1c(Cl)cnn1C(C)C. The molecule has 2 aromatic heterocycles. The van der Waals surface area contributed by atoms with Gasteiger partial charge in [-0.3, -0.25) is 4.68 Å². The minimum Gasteiger partial charge on any atom is -0.472 e. The lowest BCUT2D eigenvalue weighted by Crippen LogP contribution is -2.26. The molecule has 0 aliphatic heterocycles. The van der Waals surface area contributed by atoms with Crippen LogP contribution in [-0.4, -0.2) is 16.3 Å². The zero-order valence-corrected chi connectivity index (χ0v) is 12.3. The summed E-state index contributed by atoms with van der Waals surface area (Å²) in [4.78, 5) is 0. The minimum absolute atomic E-state index is 0.0103. The Labute approximate surface area is 118 Å². The van der Waals surface area contributed by atoms with Crippen LogP contribution in [0.25, 0.3) is 0 Å². The van der Waals surface area contributed by atoms with Crippen molar-refractivity contribution >= 4 is 11.6 Å². The van der Waals surface area contributed by atoms with Crippen molar-refractivity contribution in [2.24, 2.45) is 0 Å². The fraction of sp³-hybridized carbons (Fsp3) is 0.500. The van der Waals surface area contributed by atoms with Crippen molar-refractivity contribution in [3.8, 4) is 0 Å². The number of halogens is 1. The van der Waals surface area contributed by atoms with Crippen LogP contribution in [0.5, 0.6) is 0 Å². The molecule has 0 amide bonds. The Balaban J connectivity index is 2.40. The van der Waals surface area contributed by atoms with Crippen LogP contribution in [0.3, 0.4) is 0 Å². The van der Waals surface area contributed by atoms with E-state index in [1.165, 1.54) is 0 Å². The number of aromatic nitrogens is 2. The van der Waals surface area contributed by atoms with Gasteiger partial charge in [-0.2, -0.15) is 5.10 Å². The second-order valence-electron chi connectivity index (χ2n) is 4.86. The van der Waals surface area contributed by atoms with Gasteiger partial charge in [0, 0.05) is 11.6 Å². The van der Waals surface area contributed by atoms with Crippen LogP contribution >= 0.6 is 11.6 Å². The van der Waals surface area contributed by atoms with Gasteiger partial charge in [-0.25, -0.2) is 0 Å². The average molecular weight is 282 g/mol. The smallest absolute Gasteiger partial charge is 0.0954 e. The van der Waals surface area contributed by atoms with Crippen LogP contribution in [0.2, 0.25) is 5.02 Å². The number of rotatable bonds is 6. The molecule has 0 bridgehead atoms. The molecular weight excluding hydrogens is 262 g/mol. The van der Waals surface area contributed by atoms with Gasteiger partial charge in [0.1, 0.15) is 0 Å². The maximum Gasteiger partial charge on any atom is 0.0954 e. The van der Waals surface area contributed by atoms with E-state index in [9.17, 15) is 0 Å². The second kappa shape index (κ2) is 6.26. The molecule has 0 aliphatic rings. The summed E-state index contributed by atoms with van der Waals surface area (Å²) < 4.78 is 7.16. The monoisotopic (exact) mass is 281 g/mol. The van der Waals surface area contributed by atoms with Crippen LogP contribution < -0.4 is 5.32 Å². The molecule has 4 nitrogen and oxygen atoms in total. The molecule has 0 aliphatic carbocycles. The highest BCUT2D eigenvalue weighted by atomic mass is 35.5. The highest BCUT2D eigenvalue weighted by Gasteiger charge is 2.23. The van der Waals surface area contributed by atoms with E-state index in [2.05, 4.69) is 31.2 Å². The zero-order valence-electron chi connectivity index (χ0n) is 11.6. The Kier molecular flexibility index (Phi) is 4.66. The molecule has 104 valence electrons. The zero-order chi connectivity index (χ0) is 13.8. The number of nitrogens with one attached hydrogen (secondary N) is 1. The lowest BCUT2D eigenvalue weighted by Gasteiger charge is -2.21. The molecular formula is C14H20ClN3O. The molecule has 0 radical (unpaired) electrons.